The first-order valence-electron chi connectivity index (χ1n) is 4.36. The molecule has 1 aromatic carbocycles. The molecule has 0 aliphatic rings. The Kier molecular flexibility index (Phi) is 1.97. The van der Waals surface area contributed by atoms with E-state index in [1.807, 2.05) is 0 Å². The highest BCUT2D eigenvalue weighted by atomic mass is 19.1. The van der Waals surface area contributed by atoms with E-state index in [1.54, 1.807) is 19.2 Å². The van der Waals surface area contributed by atoms with Crippen LogP contribution < -0.4 is 0 Å². The fraction of sp³-hybridized carbons (Fsp3) is 0.182. The molecule has 2 aromatic rings. The zero-order valence-electron chi connectivity index (χ0n) is 7.76. The van der Waals surface area contributed by atoms with Crippen LogP contribution in [0.3, 0.4) is 0 Å². The van der Waals surface area contributed by atoms with Crippen LogP contribution in [0, 0.1) is 24.1 Å². The summed E-state index contributed by atoms with van der Waals surface area (Å²) >= 11 is 0. The minimum absolute atomic E-state index is 0.226. The molecule has 0 aliphatic carbocycles. The summed E-state index contributed by atoms with van der Waals surface area (Å²) in [5, 5.41) is 9.44. The number of fused-ring (bicyclic) bond motifs is 1. The van der Waals surface area contributed by atoms with E-state index in [0.717, 1.165) is 16.5 Å². The van der Waals surface area contributed by atoms with Crippen molar-refractivity contribution in [1.82, 2.24) is 4.98 Å². The minimum atomic E-state index is -0.226. The van der Waals surface area contributed by atoms with Gasteiger partial charge in [0.2, 0.25) is 0 Å². The molecule has 0 fully saturated rings. The lowest BCUT2D eigenvalue weighted by molar-refractivity contribution is 0.621. The number of nitrogens with zero attached hydrogens (tertiary/aromatic N) is 1. The number of hydrogen-bond donors (Lipinski definition) is 1. The van der Waals surface area contributed by atoms with Crippen LogP contribution in [-0.2, 0) is 6.42 Å². The summed E-state index contributed by atoms with van der Waals surface area (Å²) in [5.41, 5.74) is 2.35. The Balaban J connectivity index is 2.77. The van der Waals surface area contributed by atoms with Gasteiger partial charge in [0, 0.05) is 17.1 Å². The lowest BCUT2D eigenvalue weighted by Gasteiger charge is -1.99. The van der Waals surface area contributed by atoms with Crippen molar-refractivity contribution < 1.29 is 4.39 Å². The smallest absolute Gasteiger partial charge is 0.126 e. The van der Waals surface area contributed by atoms with Gasteiger partial charge in [-0.05, 0) is 30.2 Å². The maximum atomic E-state index is 13.2. The Hall–Kier alpha value is -1.82. The summed E-state index contributed by atoms with van der Waals surface area (Å²) in [6, 6.07) is 5.19. The number of benzene rings is 1. The van der Waals surface area contributed by atoms with Crippen molar-refractivity contribution in [3.63, 3.8) is 0 Å². The van der Waals surface area contributed by atoms with Gasteiger partial charge < -0.3 is 4.98 Å². The van der Waals surface area contributed by atoms with E-state index in [9.17, 15) is 4.39 Å². The summed E-state index contributed by atoms with van der Waals surface area (Å²) < 4.78 is 13.2. The van der Waals surface area contributed by atoms with Crippen molar-refractivity contribution in [2.75, 3.05) is 0 Å². The molecule has 2 rings (SSSR count). The van der Waals surface area contributed by atoms with Crippen LogP contribution in [-0.4, -0.2) is 4.98 Å². The molecule has 0 spiro atoms. The Bertz CT molecular complexity index is 520. The summed E-state index contributed by atoms with van der Waals surface area (Å²) in [6.07, 6.45) is 2.07. The summed E-state index contributed by atoms with van der Waals surface area (Å²) in [5.74, 6) is -0.226. The number of halogens is 1. The van der Waals surface area contributed by atoms with E-state index < -0.39 is 0 Å². The number of aromatic amines is 1. The maximum Gasteiger partial charge on any atom is 0.126 e. The van der Waals surface area contributed by atoms with E-state index in [4.69, 9.17) is 5.26 Å². The summed E-state index contributed by atoms with van der Waals surface area (Å²) in [7, 11) is 0. The van der Waals surface area contributed by atoms with Gasteiger partial charge in [-0.15, -0.1) is 0 Å². The molecule has 3 heteroatoms. The molecule has 0 bridgehead atoms. The number of nitrogens with one attached hydrogen (secondary N) is 1. The molecular formula is C11H9FN2. The number of hydrogen-bond acceptors (Lipinski definition) is 1. The molecule has 0 atom stereocenters. The summed E-state index contributed by atoms with van der Waals surface area (Å²) in [6.45, 7) is 1.73. The molecular weight excluding hydrogens is 179 g/mol. The maximum absolute atomic E-state index is 13.2. The zero-order valence-corrected chi connectivity index (χ0v) is 7.76. The van der Waals surface area contributed by atoms with Gasteiger partial charge in [0.25, 0.3) is 0 Å². The highest BCUT2D eigenvalue weighted by molar-refractivity contribution is 5.86. The third-order valence-corrected chi connectivity index (χ3v) is 2.39. The van der Waals surface area contributed by atoms with Crippen molar-refractivity contribution in [1.29, 1.82) is 5.26 Å². The third-order valence-electron chi connectivity index (χ3n) is 2.39. The van der Waals surface area contributed by atoms with E-state index in [2.05, 4.69) is 11.1 Å². The van der Waals surface area contributed by atoms with E-state index in [-0.39, 0.29) is 5.82 Å². The van der Waals surface area contributed by atoms with Gasteiger partial charge >= 0.3 is 0 Å². The lowest BCUT2D eigenvalue weighted by Crippen LogP contribution is -1.86. The topological polar surface area (TPSA) is 39.6 Å². The van der Waals surface area contributed by atoms with E-state index in [0.29, 0.717) is 12.0 Å². The molecule has 1 N–H and O–H groups in total. The molecule has 0 unspecified atom stereocenters. The monoisotopic (exact) mass is 188 g/mol. The Morgan fingerprint density at radius 1 is 1.50 bits per heavy atom. The van der Waals surface area contributed by atoms with Crippen LogP contribution in [0.4, 0.5) is 4.39 Å². The van der Waals surface area contributed by atoms with Crippen molar-refractivity contribution in [3.05, 3.63) is 35.3 Å². The van der Waals surface area contributed by atoms with Gasteiger partial charge in [0.05, 0.1) is 12.5 Å². The van der Waals surface area contributed by atoms with Crippen molar-refractivity contribution in [3.8, 4) is 6.07 Å². The second kappa shape index (κ2) is 3.15. The summed E-state index contributed by atoms with van der Waals surface area (Å²) in [4.78, 5) is 3.02. The van der Waals surface area contributed by atoms with Gasteiger partial charge in [-0.25, -0.2) is 4.39 Å². The Labute approximate surface area is 81.0 Å². The quantitative estimate of drug-likeness (QED) is 0.734. The van der Waals surface area contributed by atoms with E-state index in [1.165, 1.54) is 6.07 Å². The average molecular weight is 188 g/mol. The third kappa shape index (κ3) is 1.16. The predicted octanol–water partition coefficient (Wildman–Crippen LogP) is 2.68. The van der Waals surface area contributed by atoms with Gasteiger partial charge in [-0.2, -0.15) is 5.26 Å². The van der Waals surface area contributed by atoms with Crippen molar-refractivity contribution in [2.45, 2.75) is 13.3 Å². The average Bonchev–Trinajstić information content (AvgIpc) is 2.57. The minimum Gasteiger partial charge on any atom is -0.361 e. The lowest BCUT2D eigenvalue weighted by atomic mass is 10.1. The highest BCUT2D eigenvalue weighted by Gasteiger charge is 2.08. The molecule has 70 valence electrons. The van der Waals surface area contributed by atoms with Gasteiger partial charge in [-0.1, -0.05) is 0 Å². The van der Waals surface area contributed by atoms with Crippen LogP contribution >= 0.6 is 0 Å². The zero-order chi connectivity index (χ0) is 10.1. The molecule has 0 saturated carbocycles. The van der Waals surface area contributed by atoms with Crippen LogP contribution in [0.15, 0.2) is 18.3 Å². The molecule has 0 saturated heterocycles. The molecule has 1 heterocycles. The largest absolute Gasteiger partial charge is 0.361 e. The van der Waals surface area contributed by atoms with Crippen LogP contribution in [0.2, 0.25) is 0 Å². The first-order valence-corrected chi connectivity index (χ1v) is 4.36. The van der Waals surface area contributed by atoms with Crippen LogP contribution in [0.25, 0.3) is 10.9 Å². The number of nitriles is 1. The number of H-pyrrole nitrogens is 1. The second-order valence-electron chi connectivity index (χ2n) is 3.24. The second-order valence-corrected chi connectivity index (χ2v) is 3.24. The molecule has 0 aliphatic heterocycles. The SMILES string of the molecule is Cc1c(F)ccc2[nH]cc(CC#N)c12. The molecule has 1 aromatic heterocycles. The van der Waals surface area contributed by atoms with Crippen LogP contribution in [0.5, 0.6) is 0 Å². The Morgan fingerprint density at radius 3 is 3.00 bits per heavy atom. The Morgan fingerprint density at radius 2 is 2.29 bits per heavy atom. The first kappa shape index (κ1) is 8.76. The van der Waals surface area contributed by atoms with Crippen LogP contribution in [0.1, 0.15) is 11.1 Å². The van der Waals surface area contributed by atoms with E-state index >= 15 is 0 Å². The van der Waals surface area contributed by atoms with Gasteiger partial charge in [0.15, 0.2) is 0 Å². The number of aryl methyl sites for hydroxylation is 1. The number of aromatic nitrogens is 1. The fourth-order valence-electron chi connectivity index (χ4n) is 1.68. The predicted molar refractivity (Wildman–Crippen MR) is 52.3 cm³/mol. The van der Waals surface area contributed by atoms with Crippen molar-refractivity contribution in [2.24, 2.45) is 0 Å². The van der Waals surface area contributed by atoms with Gasteiger partial charge in [0.1, 0.15) is 5.82 Å². The fourth-order valence-corrected chi connectivity index (χ4v) is 1.68. The molecule has 14 heavy (non-hydrogen) atoms. The van der Waals surface area contributed by atoms with Gasteiger partial charge in [-0.3, -0.25) is 0 Å². The molecule has 0 radical (unpaired) electrons. The number of rotatable bonds is 1. The first-order chi connectivity index (χ1) is 6.74. The molecule has 2 nitrogen and oxygen atoms in total. The standard InChI is InChI=1S/C11H9FN2/c1-7-9(12)2-3-10-11(7)8(4-5-13)6-14-10/h2-3,6,14H,4H2,1H3. The van der Waals surface area contributed by atoms with Crippen molar-refractivity contribution >= 4 is 10.9 Å². The molecule has 0 amide bonds. The highest BCUT2D eigenvalue weighted by Crippen LogP contribution is 2.24. The normalized spacial score (nSPS) is 10.4.